The smallest absolute Gasteiger partial charge is 0.0230 e. The van der Waals surface area contributed by atoms with E-state index >= 15 is 0 Å². The Morgan fingerprint density at radius 2 is 1.94 bits per heavy atom. The normalized spacial score (nSPS) is 13.0. The Bertz CT molecular complexity index is 271. The topological polar surface area (TPSA) is 15.3 Å². The predicted octanol–water partition coefficient (Wildman–Crippen LogP) is 2.51. The van der Waals surface area contributed by atoms with Crippen molar-refractivity contribution in [2.75, 3.05) is 20.1 Å². The third kappa shape index (κ3) is 5.29. The Morgan fingerprint density at radius 3 is 2.56 bits per heavy atom. The lowest BCUT2D eigenvalue weighted by molar-refractivity contribution is 0.304. The number of nitrogens with zero attached hydrogens (tertiary/aromatic N) is 1. The van der Waals surface area contributed by atoms with Crippen LogP contribution in [0.3, 0.4) is 0 Å². The first kappa shape index (κ1) is 13.2. The number of hydrogen-bond acceptors (Lipinski definition) is 2. The fraction of sp³-hybridized carbons (Fsp3) is 0.571. The Balaban J connectivity index is 2.23. The van der Waals surface area contributed by atoms with Gasteiger partial charge in [-0.25, -0.2) is 0 Å². The lowest BCUT2D eigenvalue weighted by atomic mass is 10.2. The van der Waals surface area contributed by atoms with Gasteiger partial charge in [-0.2, -0.15) is 0 Å². The second-order valence-electron chi connectivity index (χ2n) is 4.47. The minimum Gasteiger partial charge on any atom is -0.314 e. The molecule has 0 aliphatic rings. The van der Waals surface area contributed by atoms with Crippen LogP contribution in [-0.4, -0.2) is 31.1 Å². The highest BCUT2D eigenvalue weighted by Gasteiger charge is 2.03. The van der Waals surface area contributed by atoms with E-state index in [1.54, 1.807) is 0 Å². The maximum absolute atomic E-state index is 3.44. The molecule has 0 bridgehead atoms. The van der Waals surface area contributed by atoms with Crippen LogP contribution < -0.4 is 5.32 Å². The first-order chi connectivity index (χ1) is 7.72. The van der Waals surface area contributed by atoms with Crippen molar-refractivity contribution in [2.24, 2.45) is 0 Å². The molecule has 0 amide bonds. The fourth-order valence-corrected chi connectivity index (χ4v) is 1.84. The highest BCUT2D eigenvalue weighted by molar-refractivity contribution is 5.14. The summed E-state index contributed by atoms with van der Waals surface area (Å²) >= 11 is 0. The van der Waals surface area contributed by atoms with Crippen LogP contribution in [0.1, 0.15) is 25.8 Å². The predicted molar refractivity (Wildman–Crippen MR) is 70.5 cm³/mol. The van der Waals surface area contributed by atoms with Crippen molar-refractivity contribution in [3.05, 3.63) is 35.9 Å². The Morgan fingerprint density at radius 1 is 1.25 bits per heavy atom. The summed E-state index contributed by atoms with van der Waals surface area (Å²) in [6.45, 7) is 7.65. The molecule has 0 saturated carbocycles. The van der Waals surface area contributed by atoms with E-state index in [2.05, 4.69) is 61.4 Å². The minimum absolute atomic E-state index is 0.614. The molecule has 1 N–H and O–H groups in total. The highest BCUT2D eigenvalue weighted by atomic mass is 15.1. The number of benzene rings is 1. The molecule has 1 aromatic rings. The van der Waals surface area contributed by atoms with E-state index in [1.165, 1.54) is 12.0 Å². The average Bonchev–Trinajstić information content (AvgIpc) is 2.28. The fourth-order valence-electron chi connectivity index (χ4n) is 1.84. The molecular formula is C14H24N2. The van der Waals surface area contributed by atoms with E-state index in [0.29, 0.717) is 6.04 Å². The van der Waals surface area contributed by atoms with Crippen molar-refractivity contribution in [3.8, 4) is 0 Å². The van der Waals surface area contributed by atoms with Gasteiger partial charge in [-0.15, -0.1) is 0 Å². The standard InChI is InChI=1S/C14H24N2/c1-4-15-13(2)10-11-16(3)12-14-8-6-5-7-9-14/h5-9,13,15H,4,10-12H2,1-3H3. The van der Waals surface area contributed by atoms with E-state index in [0.717, 1.165) is 19.6 Å². The van der Waals surface area contributed by atoms with Crippen molar-refractivity contribution in [1.29, 1.82) is 0 Å². The van der Waals surface area contributed by atoms with Gasteiger partial charge in [0.15, 0.2) is 0 Å². The van der Waals surface area contributed by atoms with Crippen molar-refractivity contribution in [1.82, 2.24) is 10.2 Å². The zero-order valence-corrected chi connectivity index (χ0v) is 10.7. The molecule has 0 radical (unpaired) electrons. The molecule has 0 aliphatic heterocycles. The van der Waals surface area contributed by atoms with Gasteiger partial charge in [-0.05, 0) is 39.0 Å². The molecule has 0 spiro atoms. The van der Waals surface area contributed by atoms with E-state index in [9.17, 15) is 0 Å². The summed E-state index contributed by atoms with van der Waals surface area (Å²) in [5.41, 5.74) is 1.39. The lowest BCUT2D eigenvalue weighted by Crippen LogP contribution is -2.30. The Kier molecular flexibility index (Phi) is 6.12. The number of nitrogens with one attached hydrogen (secondary N) is 1. The van der Waals surface area contributed by atoms with E-state index in [4.69, 9.17) is 0 Å². The zero-order chi connectivity index (χ0) is 11.8. The second-order valence-corrected chi connectivity index (χ2v) is 4.47. The van der Waals surface area contributed by atoms with Crippen LogP contribution >= 0.6 is 0 Å². The van der Waals surface area contributed by atoms with Crippen molar-refractivity contribution in [3.63, 3.8) is 0 Å². The molecule has 0 saturated heterocycles. The van der Waals surface area contributed by atoms with E-state index in [-0.39, 0.29) is 0 Å². The summed E-state index contributed by atoms with van der Waals surface area (Å²) in [5.74, 6) is 0. The first-order valence-corrected chi connectivity index (χ1v) is 6.18. The van der Waals surface area contributed by atoms with Gasteiger partial charge in [0.2, 0.25) is 0 Å². The molecule has 2 nitrogen and oxygen atoms in total. The van der Waals surface area contributed by atoms with E-state index in [1.807, 2.05) is 0 Å². The van der Waals surface area contributed by atoms with Gasteiger partial charge >= 0.3 is 0 Å². The summed E-state index contributed by atoms with van der Waals surface area (Å²) in [5, 5.41) is 3.44. The van der Waals surface area contributed by atoms with E-state index < -0.39 is 0 Å². The van der Waals surface area contributed by atoms with Crippen molar-refractivity contribution in [2.45, 2.75) is 32.9 Å². The van der Waals surface area contributed by atoms with Crippen molar-refractivity contribution >= 4 is 0 Å². The third-order valence-electron chi connectivity index (χ3n) is 2.79. The van der Waals surface area contributed by atoms with Crippen LogP contribution in [0, 0.1) is 0 Å². The molecule has 1 unspecified atom stereocenters. The maximum atomic E-state index is 3.44. The summed E-state index contributed by atoms with van der Waals surface area (Å²) in [6, 6.07) is 11.3. The second kappa shape index (κ2) is 7.42. The van der Waals surface area contributed by atoms with Crippen LogP contribution in [-0.2, 0) is 6.54 Å². The van der Waals surface area contributed by atoms with Gasteiger partial charge in [0.1, 0.15) is 0 Å². The summed E-state index contributed by atoms with van der Waals surface area (Å²) in [7, 11) is 2.19. The minimum atomic E-state index is 0.614. The van der Waals surface area contributed by atoms with Crippen LogP contribution in [0.15, 0.2) is 30.3 Å². The van der Waals surface area contributed by atoms with Gasteiger partial charge in [0.25, 0.3) is 0 Å². The largest absolute Gasteiger partial charge is 0.314 e. The molecule has 0 fully saturated rings. The van der Waals surface area contributed by atoms with Crippen LogP contribution in [0.4, 0.5) is 0 Å². The molecule has 16 heavy (non-hydrogen) atoms. The average molecular weight is 220 g/mol. The molecule has 2 heteroatoms. The zero-order valence-electron chi connectivity index (χ0n) is 10.7. The SMILES string of the molecule is CCNC(C)CCN(C)Cc1ccccc1. The Hall–Kier alpha value is -0.860. The van der Waals surface area contributed by atoms with Crippen LogP contribution in [0.2, 0.25) is 0 Å². The molecule has 1 aromatic carbocycles. The first-order valence-electron chi connectivity index (χ1n) is 6.18. The quantitative estimate of drug-likeness (QED) is 0.759. The lowest BCUT2D eigenvalue weighted by Gasteiger charge is -2.19. The molecule has 0 heterocycles. The molecule has 1 rings (SSSR count). The number of hydrogen-bond donors (Lipinski definition) is 1. The van der Waals surface area contributed by atoms with Gasteiger partial charge in [0.05, 0.1) is 0 Å². The maximum Gasteiger partial charge on any atom is 0.0230 e. The molecule has 1 atom stereocenters. The monoisotopic (exact) mass is 220 g/mol. The molecule has 0 aliphatic carbocycles. The molecule has 0 aromatic heterocycles. The number of rotatable bonds is 7. The summed E-state index contributed by atoms with van der Waals surface area (Å²) < 4.78 is 0. The van der Waals surface area contributed by atoms with Crippen molar-refractivity contribution < 1.29 is 0 Å². The van der Waals surface area contributed by atoms with Gasteiger partial charge in [-0.1, -0.05) is 37.3 Å². The molecule has 90 valence electrons. The van der Waals surface area contributed by atoms with Gasteiger partial charge in [0, 0.05) is 12.6 Å². The molecular weight excluding hydrogens is 196 g/mol. The highest BCUT2D eigenvalue weighted by Crippen LogP contribution is 2.03. The van der Waals surface area contributed by atoms with Gasteiger partial charge < -0.3 is 10.2 Å². The van der Waals surface area contributed by atoms with Crippen LogP contribution in [0.25, 0.3) is 0 Å². The van der Waals surface area contributed by atoms with Crippen LogP contribution in [0.5, 0.6) is 0 Å². The Labute approximate surface area is 99.7 Å². The third-order valence-corrected chi connectivity index (χ3v) is 2.79. The summed E-state index contributed by atoms with van der Waals surface area (Å²) in [6.07, 6.45) is 1.21. The van der Waals surface area contributed by atoms with Gasteiger partial charge in [-0.3, -0.25) is 0 Å². The summed E-state index contributed by atoms with van der Waals surface area (Å²) in [4.78, 5) is 2.38.